The van der Waals surface area contributed by atoms with Gasteiger partial charge in [0.2, 0.25) is 0 Å². The standard InChI is InChI=1S/C18H17FN6O2/c1-12-7-22-16(8-21-12)18(26)24-9-13-4-6-23-25(13)11-14(10-24)27-17-15(19)3-2-5-20-17/h2-8,14H,9-11H2,1H3/t14-/m1/s1. The van der Waals surface area contributed by atoms with Gasteiger partial charge in [-0.2, -0.15) is 5.10 Å². The molecule has 0 saturated heterocycles. The van der Waals surface area contributed by atoms with Gasteiger partial charge in [0.15, 0.2) is 5.82 Å². The zero-order valence-corrected chi connectivity index (χ0v) is 14.6. The number of ether oxygens (including phenoxy) is 1. The molecule has 1 aliphatic heterocycles. The van der Waals surface area contributed by atoms with Gasteiger partial charge in [-0.1, -0.05) is 0 Å². The van der Waals surface area contributed by atoms with Crippen LogP contribution in [0.2, 0.25) is 0 Å². The van der Waals surface area contributed by atoms with Crippen LogP contribution in [0, 0.1) is 12.7 Å². The zero-order valence-electron chi connectivity index (χ0n) is 14.6. The lowest BCUT2D eigenvalue weighted by molar-refractivity contribution is 0.0632. The van der Waals surface area contributed by atoms with Crippen molar-refractivity contribution >= 4 is 5.91 Å². The Hall–Kier alpha value is -3.36. The first-order chi connectivity index (χ1) is 13.1. The monoisotopic (exact) mass is 368 g/mol. The second kappa shape index (κ2) is 7.10. The van der Waals surface area contributed by atoms with Crippen LogP contribution in [0.15, 0.2) is 43.0 Å². The summed E-state index contributed by atoms with van der Waals surface area (Å²) in [6.45, 7) is 2.77. The molecule has 1 aliphatic rings. The van der Waals surface area contributed by atoms with E-state index in [2.05, 4.69) is 20.1 Å². The van der Waals surface area contributed by atoms with Gasteiger partial charge >= 0.3 is 0 Å². The quantitative estimate of drug-likeness (QED) is 0.698. The van der Waals surface area contributed by atoms with Gasteiger partial charge in [-0.25, -0.2) is 14.4 Å². The van der Waals surface area contributed by atoms with E-state index in [1.807, 2.05) is 6.07 Å². The van der Waals surface area contributed by atoms with Crippen molar-refractivity contribution in [1.29, 1.82) is 0 Å². The molecule has 3 aromatic rings. The van der Waals surface area contributed by atoms with Crippen molar-refractivity contribution in [3.05, 3.63) is 65.9 Å². The molecule has 4 heterocycles. The lowest BCUT2D eigenvalue weighted by Gasteiger charge is -2.24. The molecule has 27 heavy (non-hydrogen) atoms. The Morgan fingerprint density at radius 2 is 2.07 bits per heavy atom. The van der Waals surface area contributed by atoms with Crippen LogP contribution in [0.4, 0.5) is 4.39 Å². The highest BCUT2D eigenvalue weighted by molar-refractivity contribution is 5.92. The number of rotatable bonds is 3. The summed E-state index contributed by atoms with van der Waals surface area (Å²) < 4.78 is 21.4. The number of amides is 1. The van der Waals surface area contributed by atoms with Crippen LogP contribution in [-0.2, 0) is 13.1 Å². The highest BCUT2D eigenvalue weighted by atomic mass is 19.1. The molecule has 3 aromatic heterocycles. The second-order valence-corrected chi connectivity index (χ2v) is 6.26. The number of aryl methyl sites for hydroxylation is 1. The van der Waals surface area contributed by atoms with E-state index in [-0.39, 0.29) is 24.0 Å². The predicted molar refractivity (Wildman–Crippen MR) is 92.3 cm³/mol. The number of carbonyl (C=O) groups excluding carboxylic acids is 1. The first-order valence-corrected chi connectivity index (χ1v) is 8.46. The topological polar surface area (TPSA) is 86.0 Å². The third-order valence-electron chi connectivity index (χ3n) is 4.25. The lowest BCUT2D eigenvalue weighted by Crippen LogP contribution is -2.39. The van der Waals surface area contributed by atoms with Gasteiger partial charge in [-0.05, 0) is 25.1 Å². The molecule has 0 fully saturated rings. The maximum atomic E-state index is 13.9. The fourth-order valence-electron chi connectivity index (χ4n) is 2.93. The molecule has 4 rings (SSSR count). The fourth-order valence-corrected chi connectivity index (χ4v) is 2.93. The Bertz CT molecular complexity index is 958. The molecule has 9 heteroatoms. The molecular weight excluding hydrogens is 351 g/mol. The summed E-state index contributed by atoms with van der Waals surface area (Å²) in [6.07, 6.45) is 5.60. The van der Waals surface area contributed by atoms with Crippen LogP contribution in [0.3, 0.4) is 0 Å². The molecule has 0 unspecified atom stereocenters. The van der Waals surface area contributed by atoms with Crippen molar-refractivity contribution in [2.24, 2.45) is 0 Å². The summed E-state index contributed by atoms with van der Waals surface area (Å²) in [7, 11) is 0. The van der Waals surface area contributed by atoms with E-state index < -0.39 is 11.9 Å². The van der Waals surface area contributed by atoms with Crippen LogP contribution < -0.4 is 4.74 Å². The van der Waals surface area contributed by atoms with E-state index in [0.29, 0.717) is 13.1 Å². The highest BCUT2D eigenvalue weighted by Gasteiger charge is 2.29. The predicted octanol–water partition coefficient (Wildman–Crippen LogP) is 1.62. The Morgan fingerprint density at radius 3 is 2.85 bits per heavy atom. The number of carbonyl (C=O) groups is 1. The molecule has 1 amide bonds. The largest absolute Gasteiger partial charge is 0.468 e. The Labute approximate surface area is 154 Å². The zero-order chi connectivity index (χ0) is 18.8. The maximum Gasteiger partial charge on any atom is 0.274 e. The van der Waals surface area contributed by atoms with Crippen molar-refractivity contribution in [3.63, 3.8) is 0 Å². The smallest absolute Gasteiger partial charge is 0.274 e. The number of halogens is 1. The number of hydrogen-bond acceptors (Lipinski definition) is 6. The lowest BCUT2D eigenvalue weighted by atomic mass is 10.3. The van der Waals surface area contributed by atoms with E-state index >= 15 is 0 Å². The summed E-state index contributed by atoms with van der Waals surface area (Å²) in [4.78, 5) is 26.7. The second-order valence-electron chi connectivity index (χ2n) is 6.26. The van der Waals surface area contributed by atoms with Crippen LogP contribution in [0.1, 0.15) is 21.9 Å². The van der Waals surface area contributed by atoms with Gasteiger partial charge in [0.25, 0.3) is 11.8 Å². The molecule has 0 radical (unpaired) electrons. The minimum Gasteiger partial charge on any atom is -0.468 e. The molecule has 0 N–H and O–H groups in total. The van der Waals surface area contributed by atoms with E-state index in [4.69, 9.17) is 4.74 Å². The molecular formula is C18H17FN6O2. The molecule has 0 saturated carbocycles. The molecule has 0 aliphatic carbocycles. The minimum absolute atomic E-state index is 0.0966. The maximum absolute atomic E-state index is 13.9. The third-order valence-corrected chi connectivity index (χ3v) is 4.25. The van der Waals surface area contributed by atoms with Gasteiger partial charge in [-0.15, -0.1) is 0 Å². The van der Waals surface area contributed by atoms with Crippen LogP contribution in [0.5, 0.6) is 5.88 Å². The van der Waals surface area contributed by atoms with E-state index in [9.17, 15) is 9.18 Å². The van der Waals surface area contributed by atoms with Gasteiger partial charge in [0.05, 0.1) is 37.2 Å². The first kappa shape index (κ1) is 17.1. The van der Waals surface area contributed by atoms with E-state index in [0.717, 1.165) is 11.4 Å². The number of hydrogen-bond donors (Lipinski definition) is 0. The molecule has 0 aromatic carbocycles. The first-order valence-electron chi connectivity index (χ1n) is 8.46. The van der Waals surface area contributed by atoms with Crippen molar-refractivity contribution in [3.8, 4) is 5.88 Å². The van der Waals surface area contributed by atoms with Gasteiger partial charge in [-0.3, -0.25) is 14.5 Å². The molecule has 138 valence electrons. The minimum atomic E-state index is -0.551. The number of pyridine rings is 1. The fraction of sp³-hybridized carbons (Fsp3) is 0.278. The summed E-state index contributed by atoms with van der Waals surface area (Å²) in [5, 5.41) is 4.27. The Kier molecular flexibility index (Phi) is 4.49. The average molecular weight is 368 g/mol. The number of aromatic nitrogens is 5. The van der Waals surface area contributed by atoms with Crippen LogP contribution in [-0.4, -0.2) is 48.2 Å². The van der Waals surface area contributed by atoms with E-state index in [1.54, 1.807) is 28.9 Å². The molecule has 0 spiro atoms. The van der Waals surface area contributed by atoms with Crippen molar-refractivity contribution in [2.75, 3.05) is 6.54 Å². The third kappa shape index (κ3) is 3.62. The van der Waals surface area contributed by atoms with E-state index in [1.165, 1.54) is 24.5 Å². The normalized spacial score (nSPS) is 16.5. The van der Waals surface area contributed by atoms with Crippen molar-refractivity contribution in [2.45, 2.75) is 26.1 Å². The van der Waals surface area contributed by atoms with Crippen LogP contribution in [0.25, 0.3) is 0 Å². The van der Waals surface area contributed by atoms with Crippen molar-refractivity contribution in [1.82, 2.24) is 29.6 Å². The molecule has 8 nitrogen and oxygen atoms in total. The highest BCUT2D eigenvalue weighted by Crippen LogP contribution is 2.19. The Morgan fingerprint density at radius 1 is 1.19 bits per heavy atom. The SMILES string of the molecule is Cc1cnc(C(=O)N2Cc3ccnn3C[C@H](Oc3ncccc3F)C2)cn1. The summed E-state index contributed by atoms with van der Waals surface area (Å²) >= 11 is 0. The van der Waals surface area contributed by atoms with Gasteiger partial charge < -0.3 is 9.64 Å². The van der Waals surface area contributed by atoms with Gasteiger partial charge in [0.1, 0.15) is 11.8 Å². The summed E-state index contributed by atoms with van der Waals surface area (Å²) in [6, 6.07) is 4.61. The summed E-state index contributed by atoms with van der Waals surface area (Å²) in [5.74, 6) is -0.919. The Balaban J connectivity index is 1.61. The van der Waals surface area contributed by atoms with Gasteiger partial charge in [0, 0.05) is 18.6 Å². The molecule has 1 atom stereocenters. The number of fused-ring (bicyclic) bond motifs is 1. The van der Waals surface area contributed by atoms with Crippen molar-refractivity contribution < 1.29 is 13.9 Å². The van der Waals surface area contributed by atoms with Crippen LogP contribution >= 0.6 is 0 Å². The number of nitrogens with zero attached hydrogens (tertiary/aromatic N) is 6. The average Bonchev–Trinajstić information content (AvgIpc) is 3.02. The summed E-state index contributed by atoms with van der Waals surface area (Å²) in [5.41, 5.74) is 1.83. The molecule has 0 bridgehead atoms.